The van der Waals surface area contributed by atoms with E-state index in [1.165, 1.54) is 38.9 Å². The zero-order valence-electron chi connectivity index (χ0n) is 13.0. The molecule has 0 spiro atoms. The van der Waals surface area contributed by atoms with Gasteiger partial charge in [-0.1, -0.05) is 30.3 Å². The van der Waals surface area contributed by atoms with Crippen LogP contribution in [0.1, 0.15) is 27.9 Å². The molecule has 0 radical (unpaired) electrons. The number of aromatic nitrogens is 1. The molecule has 3 aromatic rings. The van der Waals surface area contributed by atoms with Crippen LogP contribution in [0.15, 0.2) is 42.5 Å². The monoisotopic (exact) mass is 278 g/mol. The lowest BCUT2D eigenvalue weighted by atomic mass is 10.1. The van der Waals surface area contributed by atoms with Crippen LogP contribution in [0.2, 0.25) is 0 Å². The van der Waals surface area contributed by atoms with Crippen LogP contribution in [0.4, 0.5) is 0 Å². The number of benzene rings is 2. The molecular weight excluding hydrogens is 256 g/mol. The smallest absolute Gasteiger partial charge is 0.0488 e. The van der Waals surface area contributed by atoms with Crippen molar-refractivity contribution in [3.63, 3.8) is 0 Å². The van der Waals surface area contributed by atoms with E-state index >= 15 is 0 Å². The molecule has 0 atom stereocenters. The van der Waals surface area contributed by atoms with Gasteiger partial charge >= 0.3 is 0 Å². The minimum atomic E-state index is 0.595. The summed E-state index contributed by atoms with van der Waals surface area (Å²) in [6.07, 6.45) is 0. The minimum Gasteiger partial charge on any atom is -0.340 e. The average Bonchev–Trinajstić information content (AvgIpc) is 2.74. The molecule has 2 heteroatoms. The summed E-state index contributed by atoms with van der Waals surface area (Å²) in [6, 6.07) is 15.2. The molecule has 2 aromatic carbocycles. The Balaban J connectivity index is 2.15. The number of hydrogen-bond donors (Lipinski definition) is 1. The van der Waals surface area contributed by atoms with E-state index in [4.69, 9.17) is 5.73 Å². The first kappa shape index (κ1) is 13.9. The lowest BCUT2D eigenvalue weighted by Crippen LogP contribution is -2.03. The van der Waals surface area contributed by atoms with Gasteiger partial charge in [-0.15, -0.1) is 0 Å². The minimum absolute atomic E-state index is 0.595. The third-order valence-electron chi connectivity index (χ3n) is 4.53. The maximum Gasteiger partial charge on any atom is 0.0488 e. The molecule has 0 unspecified atom stereocenters. The van der Waals surface area contributed by atoms with Crippen LogP contribution in [0.5, 0.6) is 0 Å². The van der Waals surface area contributed by atoms with E-state index in [0.29, 0.717) is 6.54 Å². The molecule has 0 saturated heterocycles. The summed E-state index contributed by atoms with van der Waals surface area (Å²) < 4.78 is 2.41. The Kier molecular flexibility index (Phi) is 3.56. The highest BCUT2D eigenvalue weighted by Gasteiger charge is 2.12. The highest BCUT2D eigenvalue weighted by atomic mass is 15.0. The van der Waals surface area contributed by atoms with E-state index < -0.39 is 0 Å². The fourth-order valence-corrected chi connectivity index (χ4v) is 2.99. The summed E-state index contributed by atoms with van der Waals surface area (Å²) in [5.74, 6) is 0. The van der Waals surface area contributed by atoms with E-state index in [-0.39, 0.29) is 0 Å². The Hall–Kier alpha value is -2.06. The van der Waals surface area contributed by atoms with Crippen LogP contribution in [0.25, 0.3) is 10.9 Å². The molecule has 108 valence electrons. The Labute approximate surface area is 126 Å². The molecule has 1 aromatic heterocycles. The molecule has 0 amide bonds. The molecule has 0 aliphatic rings. The Morgan fingerprint density at radius 2 is 1.76 bits per heavy atom. The van der Waals surface area contributed by atoms with E-state index in [2.05, 4.69) is 67.8 Å². The maximum absolute atomic E-state index is 5.77. The lowest BCUT2D eigenvalue weighted by Gasteiger charge is -2.11. The quantitative estimate of drug-likeness (QED) is 0.769. The number of nitrogens with two attached hydrogens (primary N) is 1. The summed E-state index contributed by atoms with van der Waals surface area (Å²) in [5.41, 5.74) is 13.7. The van der Waals surface area contributed by atoms with Gasteiger partial charge in [0.25, 0.3) is 0 Å². The number of rotatable bonds is 3. The van der Waals surface area contributed by atoms with E-state index in [9.17, 15) is 0 Å². The van der Waals surface area contributed by atoms with Gasteiger partial charge in [0.2, 0.25) is 0 Å². The van der Waals surface area contributed by atoms with Gasteiger partial charge in [0, 0.05) is 29.7 Å². The highest BCUT2D eigenvalue weighted by Crippen LogP contribution is 2.27. The van der Waals surface area contributed by atoms with Crippen LogP contribution < -0.4 is 5.73 Å². The molecule has 3 rings (SSSR count). The standard InChI is InChI=1S/C19H22N2/c1-13-6-4-5-7-17(13)12-21-15(3)14(2)18-10-16(11-20)8-9-19(18)21/h4-10H,11-12,20H2,1-3H3. The first-order valence-corrected chi connectivity index (χ1v) is 7.44. The van der Waals surface area contributed by atoms with Crippen molar-refractivity contribution < 1.29 is 0 Å². The molecule has 0 saturated carbocycles. The second-order valence-corrected chi connectivity index (χ2v) is 5.78. The molecular formula is C19H22N2. The molecule has 1 heterocycles. The molecule has 2 N–H and O–H groups in total. The molecule has 2 nitrogen and oxygen atoms in total. The second-order valence-electron chi connectivity index (χ2n) is 5.78. The zero-order chi connectivity index (χ0) is 15.0. The van der Waals surface area contributed by atoms with Crippen molar-refractivity contribution in [1.29, 1.82) is 0 Å². The van der Waals surface area contributed by atoms with E-state index in [1.807, 2.05) is 0 Å². The van der Waals surface area contributed by atoms with Crippen molar-refractivity contribution >= 4 is 10.9 Å². The Morgan fingerprint density at radius 3 is 2.48 bits per heavy atom. The van der Waals surface area contributed by atoms with Gasteiger partial charge in [-0.05, 0) is 55.2 Å². The van der Waals surface area contributed by atoms with E-state index in [0.717, 1.165) is 6.54 Å². The average molecular weight is 278 g/mol. The lowest BCUT2D eigenvalue weighted by molar-refractivity contribution is 0.795. The van der Waals surface area contributed by atoms with Crippen molar-refractivity contribution in [2.24, 2.45) is 5.73 Å². The van der Waals surface area contributed by atoms with Gasteiger partial charge in [-0.3, -0.25) is 0 Å². The molecule has 21 heavy (non-hydrogen) atoms. The molecule has 0 bridgehead atoms. The summed E-state index contributed by atoms with van der Waals surface area (Å²) >= 11 is 0. The highest BCUT2D eigenvalue weighted by molar-refractivity contribution is 5.86. The molecule has 0 fully saturated rings. The van der Waals surface area contributed by atoms with Crippen LogP contribution in [-0.4, -0.2) is 4.57 Å². The fraction of sp³-hybridized carbons (Fsp3) is 0.263. The van der Waals surface area contributed by atoms with Crippen LogP contribution in [0, 0.1) is 20.8 Å². The number of hydrogen-bond acceptors (Lipinski definition) is 1. The predicted octanol–water partition coefficient (Wildman–Crippen LogP) is 4.07. The van der Waals surface area contributed by atoms with Gasteiger partial charge in [0.15, 0.2) is 0 Å². The Morgan fingerprint density at radius 1 is 1.00 bits per heavy atom. The van der Waals surface area contributed by atoms with Gasteiger partial charge < -0.3 is 10.3 Å². The summed E-state index contributed by atoms with van der Waals surface area (Å²) in [4.78, 5) is 0. The van der Waals surface area contributed by atoms with Gasteiger partial charge in [-0.25, -0.2) is 0 Å². The number of fused-ring (bicyclic) bond motifs is 1. The molecule has 0 aliphatic carbocycles. The second kappa shape index (κ2) is 5.38. The summed E-state index contributed by atoms with van der Waals surface area (Å²) in [7, 11) is 0. The van der Waals surface area contributed by atoms with Crippen molar-refractivity contribution in [2.45, 2.75) is 33.9 Å². The van der Waals surface area contributed by atoms with Crippen molar-refractivity contribution in [1.82, 2.24) is 4.57 Å². The van der Waals surface area contributed by atoms with E-state index in [1.54, 1.807) is 0 Å². The topological polar surface area (TPSA) is 30.9 Å². The van der Waals surface area contributed by atoms with Gasteiger partial charge in [-0.2, -0.15) is 0 Å². The largest absolute Gasteiger partial charge is 0.340 e. The summed E-state index contributed by atoms with van der Waals surface area (Å²) in [5, 5.41) is 1.32. The van der Waals surface area contributed by atoms with Crippen molar-refractivity contribution in [3.05, 3.63) is 70.4 Å². The SMILES string of the molecule is Cc1ccccc1Cn1c(C)c(C)c2cc(CN)ccc21. The van der Waals surface area contributed by atoms with Crippen LogP contribution >= 0.6 is 0 Å². The third-order valence-corrected chi connectivity index (χ3v) is 4.53. The normalized spacial score (nSPS) is 11.2. The van der Waals surface area contributed by atoms with Gasteiger partial charge in [0.05, 0.1) is 0 Å². The number of nitrogens with zero attached hydrogens (tertiary/aromatic N) is 1. The van der Waals surface area contributed by atoms with Gasteiger partial charge in [0.1, 0.15) is 0 Å². The Bertz CT molecular complexity index is 797. The fourth-order valence-electron chi connectivity index (χ4n) is 2.99. The molecule has 0 aliphatic heterocycles. The van der Waals surface area contributed by atoms with Crippen LogP contribution in [-0.2, 0) is 13.1 Å². The third kappa shape index (κ3) is 2.36. The van der Waals surface area contributed by atoms with Crippen molar-refractivity contribution in [3.8, 4) is 0 Å². The maximum atomic E-state index is 5.77. The number of aryl methyl sites for hydroxylation is 2. The zero-order valence-corrected chi connectivity index (χ0v) is 13.0. The van der Waals surface area contributed by atoms with Crippen molar-refractivity contribution in [2.75, 3.05) is 0 Å². The predicted molar refractivity (Wildman–Crippen MR) is 89.6 cm³/mol. The first-order chi connectivity index (χ1) is 10.1. The van der Waals surface area contributed by atoms with Crippen LogP contribution in [0.3, 0.4) is 0 Å². The summed E-state index contributed by atoms with van der Waals surface area (Å²) in [6.45, 7) is 8.10. The first-order valence-electron chi connectivity index (χ1n) is 7.44.